The third-order valence-electron chi connectivity index (χ3n) is 1.13. The van der Waals surface area contributed by atoms with Gasteiger partial charge in [0, 0.05) is 12.5 Å². The molecule has 0 fully saturated rings. The SMILES string of the molecule is [CH]C(=O)c1cccc(O)c1. The quantitative estimate of drug-likeness (QED) is 0.587. The second-order valence-electron chi connectivity index (χ2n) is 1.91. The molecule has 0 heterocycles. The summed E-state index contributed by atoms with van der Waals surface area (Å²) in [5, 5.41) is 8.85. The van der Waals surface area contributed by atoms with Gasteiger partial charge in [-0.05, 0) is 12.1 Å². The van der Waals surface area contributed by atoms with Gasteiger partial charge in [0.1, 0.15) is 5.75 Å². The predicted molar refractivity (Wildman–Crippen MR) is 36.7 cm³/mol. The zero-order valence-electron chi connectivity index (χ0n) is 5.24. The molecule has 0 saturated heterocycles. The van der Waals surface area contributed by atoms with Gasteiger partial charge in [0.25, 0.3) is 0 Å². The summed E-state index contributed by atoms with van der Waals surface area (Å²) in [7, 11) is 0. The zero-order valence-corrected chi connectivity index (χ0v) is 5.24. The molecule has 2 nitrogen and oxygen atoms in total. The van der Waals surface area contributed by atoms with Crippen LogP contribution in [0.5, 0.6) is 5.75 Å². The van der Waals surface area contributed by atoms with Crippen LogP contribution in [0.4, 0.5) is 0 Å². The predicted octanol–water partition coefficient (Wildman–Crippen LogP) is 1.29. The molecule has 0 bridgehead atoms. The van der Waals surface area contributed by atoms with Gasteiger partial charge in [0.15, 0.2) is 5.78 Å². The Morgan fingerprint density at radius 2 is 2.20 bits per heavy atom. The van der Waals surface area contributed by atoms with E-state index in [1.165, 1.54) is 12.1 Å². The number of hydrogen-bond acceptors (Lipinski definition) is 2. The number of aromatic hydroxyl groups is 1. The van der Waals surface area contributed by atoms with Gasteiger partial charge in [-0.25, -0.2) is 0 Å². The van der Waals surface area contributed by atoms with Gasteiger partial charge >= 0.3 is 0 Å². The van der Waals surface area contributed by atoms with Gasteiger partial charge in [-0.3, -0.25) is 4.79 Å². The van der Waals surface area contributed by atoms with E-state index in [4.69, 9.17) is 12.0 Å². The van der Waals surface area contributed by atoms with Gasteiger partial charge < -0.3 is 5.11 Å². The van der Waals surface area contributed by atoms with Crippen molar-refractivity contribution in [2.45, 2.75) is 0 Å². The number of phenols is 1. The standard InChI is InChI=1S/C8H6O2/c1-6(9)7-3-2-4-8(10)5-7/h1-5,10H. The van der Waals surface area contributed by atoms with Crippen LogP contribution in [0.2, 0.25) is 0 Å². The second-order valence-corrected chi connectivity index (χ2v) is 1.91. The van der Waals surface area contributed by atoms with Crippen molar-refractivity contribution >= 4 is 5.78 Å². The Hall–Kier alpha value is -1.31. The molecule has 0 aliphatic heterocycles. The molecule has 10 heavy (non-hydrogen) atoms. The summed E-state index contributed by atoms with van der Waals surface area (Å²) in [6.45, 7) is 4.93. The van der Waals surface area contributed by atoms with E-state index in [2.05, 4.69) is 0 Å². The molecule has 0 aliphatic carbocycles. The maximum atomic E-state index is 10.5. The lowest BCUT2D eigenvalue weighted by atomic mass is 10.1. The molecule has 0 unspecified atom stereocenters. The van der Waals surface area contributed by atoms with Crippen molar-refractivity contribution in [3.8, 4) is 5.75 Å². The lowest BCUT2D eigenvalue weighted by molar-refractivity contribution is 0.104. The molecule has 50 valence electrons. The maximum Gasteiger partial charge on any atom is 0.167 e. The highest BCUT2D eigenvalue weighted by molar-refractivity contribution is 5.99. The summed E-state index contributed by atoms with van der Waals surface area (Å²) < 4.78 is 0. The topological polar surface area (TPSA) is 37.3 Å². The van der Waals surface area contributed by atoms with Crippen molar-refractivity contribution in [3.63, 3.8) is 0 Å². The Morgan fingerprint density at radius 1 is 1.50 bits per heavy atom. The van der Waals surface area contributed by atoms with Crippen molar-refractivity contribution in [1.29, 1.82) is 0 Å². The highest BCUT2D eigenvalue weighted by atomic mass is 16.3. The number of carbonyl (C=O) groups is 1. The molecule has 0 amide bonds. The van der Waals surface area contributed by atoms with Crippen LogP contribution in [0, 0.1) is 6.92 Å². The van der Waals surface area contributed by atoms with Crippen LogP contribution >= 0.6 is 0 Å². The number of hydrogen-bond donors (Lipinski definition) is 1. The molecule has 0 spiro atoms. The number of Topliss-reactive ketones (excluding diaryl/α,β-unsaturated/α-hetero) is 1. The van der Waals surface area contributed by atoms with Crippen LogP contribution in [0.1, 0.15) is 10.4 Å². The molecule has 1 rings (SSSR count). The van der Waals surface area contributed by atoms with E-state index in [-0.39, 0.29) is 5.75 Å². The van der Waals surface area contributed by atoms with Gasteiger partial charge in [0.05, 0.1) is 0 Å². The van der Waals surface area contributed by atoms with E-state index in [0.717, 1.165) is 0 Å². The van der Waals surface area contributed by atoms with Gasteiger partial charge in [0.2, 0.25) is 0 Å². The minimum absolute atomic E-state index is 0.0521. The minimum Gasteiger partial charge on any atom is -0.508 e. The molecule has 0 atom stereocenters. The van der Waals surface area contributed by atoms with Crippen LogP contribution in [-0.4, -0.2) is 10.9 Å². The first-order chi connectivity index (χ1) is 4.70. The Labute approximate surface area is 59.1 Å². The fourth-order valence-corrected chi connectivity index (χ4v) is 0.659. The fraction of sp³-hybridized carbons (Fsp3) is 0. The van der Waals surface area contributed by atoms with E-state index >= 15 is 0 Å². The molecule has 0 aliphatic rings. The summed E-state index contributed by atoms with van der Waals surface area (Å²) in [5.41, 5.74) is 0.319. The molecule has 1 aromatic rings. The van der Waals surface area contributed by atoms with Crippen LogP contribution < -0.4 is 0 Å². The van der Waals surface area contributed by atoms with Crippen molar-refractivity contribution in [3.05, 3.63) is 36.8 Å². The lowest BCUT2D eigenvalue weighted by Crippen LogP contribution is -1.89. The summed E-state index contributed by atoms with van der Waals surface area (Å²) >= 11 is 0. The average Bonchev–Trinajstić information content (AvgIpc) is 1.88. The third-order valence-corrected chi connectivity index (χ3v) is 1.13. The average molecular weight is 134 g/mol. The van der Waals surface area contributed by atoms with E-state index in [1.807, 2.05) is 0 Å². The highest BCUT2D eigenvalue weighted by Crippen LogP contribution is 2.10. The fourth-order valence-electron chi connectivity index (χ4n) is 0.659. The first-order valence-electron chi connectivity index (χ1n) is 2.79. The van der Waals surface area contributed by atoms with Gasteiger partial charge in [-0.15, -0.1) is 0 Å². The number of ketones is 1. The smallest absolute Gasteiger partial charge is 0.167 e. The summed E-state index contributed by atoms with van der Waals surface area (Å²) in [5.74, 6) is -0.479. The van der Waals surface area contributed by atoms with E-state index < -0.39 is 5.78 Å². The normalized spacial score (nSPS) is 9.30. The molecule has 2 radical (unpaired) electrons. The lowest BCUT2D eigenvalue weighted by Gasteiger charge is -1.93. The van der Waals surface area contributed by atoms with Crippen molar-refractivity contribution in [1.82, 2.24) is 0 Å². The number of rotatable bonds is 1. The van der Waals surface area contributed by atoms with Crippen molar-refractivity contribution < 1.29 is 9.90 Å². The molecule has 1 N–H and O–H groups in total. The summed E-state index contributed by atoms with van der Waals surface area (Å²) in [4.78, 5) is 10.5. The highest BCUT2D eigenvalue weighted by Gasteiger charge is 1.97. The number of phenolic OH excluding ortho intramolecular Hbond substituents is 1. The molecule has 1 aromatic carbocycles. The number of carbonyl (C=O) groups excluding carboxylic acids is 1. The van der Waals surface area contributed by atoms with E-state index in [1.54, 1.807) is 12.1 Å². The van der Waals surface area contributed by atoms with E-state index in [9.17, 15) is 4.79 Å². The largest absolute Gasteiger partial charge is 0.508 e. The molecule has 0 aromatic heterocycles. The Kier molecular flexibility index (Phi) is 1.71. The third kappa shape index (κ3) is 1.35. The van der Waals surface area contributed by atoms with E-state index in [0.29, 0.717) is 5.56 Å². The maximum absolute atomic E-state index is 10.5. The summed E-state index contributed by atoms with van der Waals surface area (Å²) in [6, 6.07) is 5.91. The van der Waals surface area contributed by atoms with Crippen LogP contribution in [0.25, 0.3) is 0 Å². The van der Waals surface area contributed by atoms with Crippen LogP contribution in [0.3, 0.4) is 0 Å². The summed E-state index contributed by atoms with van der Waals surface area (Å²) in [6.07, 6.45) is 0. The van der Waals surface area contributed by atoms with Gasteiger partial charge in [-0.2, -0.15) is 0 Å². The Bertz CT molecular complexity index is 253. The van der Waals surface area contributed by atoms with Crippen LogP contribution in [-0.2, 0) is 0 Å². The van der Waals surface area contributed by atoms with Crippen molar-refractivity contribution in [2.75, 3.05) is 0 Å². The first-order valence-corrected chi connectivity index (χ1v) is 2.79. The number of benzene rings is 1. The van der Waals surface area contributed by atoms with Crippen LogP contribution in [0.15, 0.2) is 24.3 Å². The van der Waals surface area contributed by atoms with Crippen molar-refractivity contribution in [2.24, 2.45) is 0 Å². The molecular formula is C8H6O2. The molecule has 0 saturated carbocycles. The molecule has 2 heteroatoms. The Morgan fingerprint density at radius 3 is 2.60 bits per heavy atom. The van der Waals surface area contributed by atoms with Gasteiger partial charge in [-0.1, -0.05) is 12.1 Å². The second kappa shape index (κ2) is 2.52. The molecular weight excluding hydrogens is 128 g/mol. The Balaban J connectivity index is 3.07. The minimum atomic E-state index is -0.532. The monoisotopic (exact) mass is 134 g/mol. The zero-order chi connectivity index (χ0) is 7.56. The first kappa shape index (κ1) is 6.81.